The van der Waals surface area contributed by atoms with Gasteiger partial charge in [0.1, 0.15) is 10.6 Å². The molecule has 0 amide bonds. The van der Waals surface area contributed by atoms with E-state index in [0.717, 1.165) is 16.7 Å². The van der Waals surface area contributed by atoms with E-state index in [1.54, 1.807) is 6.07 Å². The highest BCUT2D eigenvalue weighted by Gasteiger charge is 2.29. The minimum Gasteiger partial charge on any atom is -0.495 e. The summed E-state index contributed by atoms with van der Waals surface area (Å²) in [7, 11) is -2.40. The summed E-state index contributed by atoms with van der Waals surface area (Å²) in [6.45, 7) is 2.30. The van der Waals surface area contributed by atoms with E-state index in [-0.39, 0.29) is 23.7 Å². The Labute approximate surface area is 171 Å². The second-order valence-corrected chi connectivity index (χ2v) is 8.81. The van der Waals surface area contributed by atoms with E-state index in [1.807, 2.05) is 67.6 Å². The Morgan fingerprint density at radius 3 is 1.86 bits per heavy atom. The molecule has 3 aromatic rings. The fraction of sp³-hybridized carbons (Fsp3) is 0.182. The Balaban J connectivity index is 2.06. The molecule has 0 saturated heterocycles. The molecule has 0 aliphatic rings. The summed E-state index contributed by atoms with van der Waals surface area (Å²) in [6, 6.07) is 22.1. The highest BCUT2D eigenvalue weighted by atomic mass is 35.5. The van der Waals surface area contributed by atoms with E-state index in [9.17, 15) is 8.42 Å². The Hall–Kier alpha value is -2.34. The largest absolute Gasteiger partial charge is 0.495 e. The molecule has 3 rings (SSSR count). The van der Waals surface area contributed by atoms with Crippen molar-refractivity contribution in [2.75, 3.05) is 7.11 Å². The molecule has 0 bridgehead atoms. The number of hydrogen-bond acceptors (Lipinski definition) is 3. The quantitative estimate of drug-likeness (QED) is 0.542. The lowest BCUT2D eigenvalue weighted by Crippen LogP contribution is -2.30. The first-order chi connectivity index (χ1) is 13.4. The molecule has 0 fully saturated rings. The molecule has 28 heavy (non-hydrogen) atoms. The highest BCUT2D eigenvalue weighted by molar-refractivity contribution is 7.89. The molecule has 0 radical (unpaired) electrons. The van der Waals surface area contributed by atoms with Gasteiger partial charge in [-0.3, -0.25) is 0 Å². The first-order valence-electron chi connectivity index (χ1n) is 8.84. The Bertz CT molecular complexity index is 997. The van der Waals surface area contributed by atoms with Gasteiger partial charge in [-0.25, -0.2) is 8.42 Å². The van der Waals surface area contributed by atoms with Gasteiger partial charge in [-0.15, -0.1) is 0 Å². The number of rotatable bonds is 7. The second kappa shape index (κ2) is 8.78. The van der Waals surface area contributed by atoms with E-state index in [4.69, 9.17) is 16.3 Å². The number of methoxy groups -OCH3 is 1. The van der Waals surface area contributed by atoms with Crippen LogP contribution >= 0.6 is 11.6 Å². The summed E-state index contributed by atoms with van der Waals surface area (Å²) in [5.74, 6) is 0.285. The minimum atomic E-state index is -3.86. The predicted octanol–water partition coefficient (Wildman–Crippen LogP) is 5.05. The number of nitrogens with zero attached hydrogens (tertiary/aromatic N) is 1. The van der Waals surface area contributed by atoms with Crippen molar-refractivity contribution in [2.45, 2.75) is 24.9 Å². The third kappa shape index (κ3) is 4.55. The van der Waals surface area contributed by atoms with Gasteiger partial charge in [-0.1, -0.05) is 72.3 Å². The van der Waals surface area contributed by atoms with Crippen LogP contribution in [-0.4, -0.2) is 19.8 Å². The van der Waals surface area contributed by atoms with Crippen LogP contribution in [0.5, 0.6) is 5.75 Å². The van der Waals surface area contributed by atoms with Gasteiger partial charge in [0.25, 0.3) is 0 Å². The fourth-order valence-electron chi connectivity index (χ4n) is 2.94. The van der Waals surface area contributed by atoms with E-state index in [0.29, 0.717) is 5.02 Å². The highest BCUT2D eigenvalue weighted by Crippen LogP contribution is 2.33. The fourth-order valence-corrected chi connectivity index (χ4v) is 4.74. The minimum absolute atomic E-state index is 0.0671. The maximum absolute atomic E-state index is 13.6. The van der Waals surface area contributed by atoms with Gasteiger partial charge in [0.15, 0.2) is 0 Å². The number of aryl methyl sites for hydroxylation is 1. The van der Waals surface area contributed by atoms with Gasteiger partial charge in [0, 0.05) is 18.1 Å². The van der Waals surface area contributed by atoms with Crippen LogP contribution in [-0.2, 0) is 23.1 Å². The summed E-state index contributed by atoms with van der Waals surface area (Å²) < 4.78 is 33.9. The number of halogens is 1. The predicted molar refractivity (Wildman–Crippen MR) is 112 cm³/mol. The lowest BCUT2D eigenvalue weighted by molar-refractivity contribution is 0.382. The van der Waals surface area contributed by atoms with Gasteiger partial charge in [0.2, 0.25) is 10.0 Å². The van der Waals surface area contributed by atoms with E-state index >= 15 is 0 Å². The van der Waals surface area contributed by atoms with Crippen LogP contribution in [0, 0.1) is 6.92 Å². The summed E-state index contributed by atoms with van der Waals surface area (Å²) in [5, 5.41) is 0.388. The van der Waals surface area contributed by atoms with Crippen LogP contribution in [0.4, 0.5) is 0 Å². The van der Waals surface area contributed by atoms with Crippen molar-refractivity contribution in [3.05, 3.63) is 94.5 Å². The first kappa shape index (κ1) is 20.4. The van der Waals surface area contributed by atoms with Crippen LogP contribution in [0.3, 0.4) is 0 Å². The Kier molecular flexibility index (Phi) is 6.39. The number of ether oxygens (including phenoxy) is 1. The van der Waals surface area contributed by atoms with Crippen molar-refractivity contribution in [1.82, 2.24) is 4.31 Å². The third-order valence-corrected chi connectivity index (χ3v) is 6.69. The molecule has 4 nitrogen and oxygen atoms in total. The number of sulfonamides is 1. The topological polar surface area (TPSA) is 46.6 Å². The zero-order chi connectivity index (χ0) is 20.1. The Morgan fingerprint density at radius 2 is 1.39 bits per heavy atom. The van der Waals surface area contributed by atoms with E-state index < -0.39 is 10.0 Å². The van der Waals surface area contributed by atoms with Gasteiger partial charge >= 0.3 is 0 Å². The Morgan fingerprint density at radius 1 is 0.893 bits per heavy atom. The molecule has 0 spiro atoms. The molecule has 3 aromatic carbocycles. The molecule has 0 aromatic heterocycles. The lowest BCUT2D eigenvalue weighted by atomic mass is 10.2. The standard InChI is InChI=1S/C22H22ClNO3S/c1-17-13-21(27-2)22(14-20(17)23)28(25,26)24(15-18-9-5-3-6-10-18)16-19-11-7-4-8-12-19/h3-14H,15-16H2,1-2H3. The molecule has 0 N–H and O–H groups in total. The lowest BCUT2D eigenvalue weighted by Gasteiger charge is -2.24. The maximum Gasteiger partial charge on any atom is 0.247 e. The average molecular weight is 416 g/mol. The van der Waals surface area contributed by atoms with Crippen LogP contribution in [0.15, 0.2) is 77.7 Å². The van der Waals surface area contributed by atoms with E-state index in [2.05, 4.69) is 0 Å². The van der Waals surface area contributed by atoms with Crippen LogP contribution in [0.1, 0.15) is 16.7 Å². The molecule has 0 saturated carbocycles. The van der Waals surface area contributed by atoms with Crippen molar-refractivity contribution in [3.8, 4) is 5.75 Å². The summed E-state index contributed by atoms with van der Waals surface area (Å²) in [4.78, 5) is 0.0671. The molecular weight excluding hydrogens is 394 g/mol. The monoisotopic (exact) mass is 415 g/mol. The van der Waals surface area contributed by atoms with Crippen LogP contribution in [0.25, 0.3) is 0 Å². The van der Waals surface area contributed by atoms with Crippen molar-refractivity contribution in [2.24, 2.45) is 0 Å². The zero-order valence-electron chi connectivity index (χ0n) is 15.8. The van der Waals surface area contributed by atoms with E-state index in [1.165, 1.54) is 17.5 Å². The van der Waals surface area contributed by atoms with Crippen molar-refractivity contribution in [1.29, 1.82) is 0 Å². The average Bonchev–Trinajstić information content (AvgIpc) is 2.70. The van der Waals surface area contributed by atoms with Gasteiger partial charge < -0.3 is 4.74 Å². The molecule has 0 heterocycles. The molecule has 0 unspecified atom stereocenters. The number of hydrogen-bond donors (Lipinski definition) is 0. The molecular formula is C22H22ClNO3S. The first-order valence-corrected chi connectivity index (χ1v) is 10.7. The molecule has 0 atom stereocenters. The number of benzene rings is 3. The molecule has 6 heteroatoms. The van der Waals surface area contributed by atoms with Crippen LogP contribution < -0.4 is 4.74 Å². The smallest absolute Gasteiger partial charge is 0.247 e. The SMILES string of the molecule is COc1cc(C)c(Cl)cc1S(=O)(=O)N(Cc1ccccc1)Cc1ccccc1. The van der Waals surface area contributed by atoms with Crippen molar-refractivity contribution >= 4 is 21.6 Å². The zero-order valence-corrected chi connectivity index (χ0v) is 17.4. The molecule has 0 aliphatic heterocycles. The molecule has 146 valence electrons. The van der Waals surface area contributed by atoms with Gasteiger partial charge in [0.05, 0.1) is 7.11 Å². The van der Waals surface area contributed by atoms with Crippen LogP contribution in [0.2, 0.25) is 5.02 Å². The normalized spacial score (nSPS) is 11.6. The summed E-state index contributed by atoms with van der Waals surface area (Å²) in [5.41, 5.74) is 2.56. The van der Waals surface area contributed by atoms with Gasteiger partial charge in [-0.05, 0) is 35.7 Å². The second-order valence-electron chi connectivity index (χ2n) is 6.50. The summed E-state index contributed by atoms with van der Waals surface area (Å²) in [6.07, 6.45) is 0. The van der Waals surface area contributed by atoms with Crippen molar-refractivity contribution in [3.63, 3.8) is 0 Å². The van der Waals surface area contributed by atoms with Crippen molar-refractivity contribution < 1.29 is 13.2 Å². The molecule has 0 aliphatic carbocycles. The maximum atomic E-state index is 13.6. The summed E-state index contributed by atoms with van der Waals surface area (Å²) >= 11 is 6.24. The third-order valence-electron chi connectivity index (χ3n) is 4.47. The van der Waals surface area contributed by atoms with Gasteiger partial charge in [-0.2, -0.15) is 4.31 Å².